The Hall–Kier alpha value is -3.28. The highest BCUT2D eigenvalue weighted by molar-refractivity contribution is 6.15. The van der Waals surface area contributed by atoms with Gasteiger partial charge in [-0.1, -0.05) is 12.1 Å². The van der Waals surface area contributed by atoms with Gasteiger partial charge in [0, 0.05) is 0 Å². The van der Waals surface area contributed by atoms with Gasteiger partial charge in [-0.2, -0.15) is 0 Å². The van der Waals surface area contributed by atoms with E-state index in [9.17, 15) is 19.2 Å². The van der Waals surface area contributed by atoms with Crippen molar-refractivity contribution in [1.29, 1.82) is 0 Å². The minimum Gasteiger partial charge on any atom is -0.386 e. The lowest BCUT2D eigenvalue weighted by Crippen LogP contribution is -1.98. The van der Waals surface area contributed by atoms with E-state index in [2.05, 4.69) is 9.47 Å². The Balaban J connectivity index is 1.68. The molecule has 112 valence electrons. The van der Waals surface area contributed by atoms with Gasteiger partial charge >= 0.3 is 23.9 Å². The summed E-state index contributed by atoms with van der Waals surface area (Å²) in [4.78, 5) is 46.0. The third-order valence-corrected chi connectivity index (χ3v) is 3.83. The maximum absolute atomic E-state index is 11.6. The van der Waals surface area contributed by atoms with Gasteiger partial charge in [0.25, 0.3) is 0 Å². The van der Waals surface area contributed by atoms with E-state index in [0.717, 1.165) is 11.1 Å². The van der Waals surface area contributed by atoms with Crippen LogP contribution in [-0.2, 0) is 15.9 Å². The Kier molecular flexibility index (Phi) is 2.68. The fourth-order valence-corrected chi connectivity index (χ4v) is 2.72. The summed E-state index contributed by atoms with van der Waals surface area (Å²) in [7, 11) is 0. The Morgan fingerprint density at radius 1 is 0.565 bits per heavy atom. The van der Waals surface area contributed by atoms with Crippen molar-refractivity contribution in [2.24, 2.45) is 0 Å². The lowest BCUT2D eigenvalue weighted by atomic mass is 9.98. The van der Waals surface area contributed by atoms with Crippen LogP contribution < -0.4 is 0 Å². The molecule has 6 heteroatoms. The molecule has 0 radical (unpaired) electrons. The summed E-state index contributed by atoms with van der Waals surface area (Å²) < 4.78 is 9.09. The van der Waals surface area contributed by atoms with E-state index in [1.165, 1.54) is 0 Å². The number of benzene rings is 2. The molecule has 0 saturated carbocycles. The quantitative estimate of drug-likeness (QED) is 0.622. The predicted molar refractivity (Wildman–Crippen MR) is 75.2 cm³/mol. The Labute approximate surface area is 129 Å². The highest BCUT2D eigenvalue weighted by Crippen LogP contribution is 2.25. The summed E-state index contributed by atoms with van der Waals surface area (Å²) in [5.41, 5.74) is 2.55. The van der Waals surface area contributed by atoms with Crippen molar-refractivity contribution in [2.75, 3.05) is 0 Å². The second-order valence-electron chi connectivity index (χ2n) is 5.29. The van der Waals surface area contributed by atoms with Crippen LogP contribution in [0, 0.1) is 0 Å². The molecule has 0 saturated heterocycles. The number of ether oxygens (including phenoxy) is 2. The molecule has 0 amide bonds. The molecule has 6 nitrogen and oxygen atoms in total. The zero-order valence-corrected chi connectivity index (χ0v) is 11.6. The third-order valence-electron chi connectivity index (χ3n) is 3.83. The number of hydrogen-bond donors (Lipinski definition) is 0. The molecule has 0 N–H and O–H groups in total. The zero-order valence-electron chi connectivity index (χ0n) is 11.6. The standard InChI is InChI=1S/C17H8O6/c18-14-10-3-1-8(6-12(10)16(20)22-14)5-9-2-4-11-13(7-9)17(21)23-15(11)19/h1-4,6-7H,5H2. The van der Waals surface area contributed by atoms with E-state index >= 15 is 0 Å². The molecule has 0 atom stereocenters. The highest BCUT2D eigenvalue weighted by Gasteiger charge is 2.31. The molecule has 2 aliphatic rings. The van der Waals surface area contributed by atoms with Crippen molar-refractivity contribution >= 4 is 23.9 Å². The first kappa shape index (κ1) is 13.4. The molecule has 2 aliphatic heterocycles. The number of rotatable bonds is 2. The van der Waals surface area contributed by atoms with Crippen LogP contribution in [0.5, 0.6) is 0 Å². The average molecular weight is 308 g/mol. The smallest absolute Gasteiger partial charge is 0.346 e. The number of hydrogen-bond acceptors (Lipinski definition) is 6. The van der Waals surface area contributed by atoms with Crippen LogP contribution >= 0.6 is 0 Å². The van der Waals surface area contributed by atoms with Gasteiger partial charge in [0.15, 0.2) is 0 Å². The summed E-state index contributed by atoms with van der Waals surface area (Å²) in [5.74, 6) is -2.60. The van der Waals surface area contributed by atoms with Crippen molar-refractivity contribution in [3.8, 4) is 0 Å². The van der Waals surface area contributed by atoms with E-state index in [1.54, 1.807) is 36.4 Å². The second kappa shape index (κ2) is 4.61. The first-order chi connectivity index (χ1) is 11.0. The van der Waals surface area contributed by atoms with Gasteiger partial charge in [0.2, 0.25) is 0 Å². The Bertz CT molecular complexity index is 849. The Morgan fingerprint density at radius 2 is 0.957 bits per heavy atom. The summed E-state index contributed by atoms with van der Waals surface area (Å²) in [6.07, 6.45) is 0.434. The van der Waals surface area contributed by atoms with E-state index in [0.29, 0.717) is 6.42 Å². The van der Waals surface area contributed by atoms with Crippen LogP contribution in [-0.4, -0.2) is 23.9 Å². The number of cyclic esters (lactones) is 4. The summed E-state index contributed by atoms with van der Waals surface area (Å²) >= 11 is 0. The number of esters is 4. The zero-order chi connectivity index (χ0) is 16.1. The molecule has 23 heavy (non-hydrogen) atoms. The lowest BCUT2D eigenvalue weighted by Gasteiger charge is -2.04. The molecular formula is C17H8O6. The lowest BCUT2D eigenvalue weighted by molar-refractivity contribution is 0.0425. The normalized spacial score (nSPS) is 15.3. The monoisotopic (exact) mass is 308 g/mol. The summed E-state index contributed by atoms with van der Waals surface area (Å²) in [6.45, 7) is 0. The molecular weight excluding hydrogens is 300 g/mol. The molecule has 0 unspecified atom stereocenters. The number of carbonyl (C=O) groups is 4. The molecule has 2 aromatic rings. The molecule has 0 fully saturated rings. The minimum atomic E-state index is -0.657. The van der Waals surface area contributed by atoms with Gasteiger partial charge in [-0.25, -0.2) is 19.2 Å². The molecule has 0 aromatic heterocycles. The van der Waals surface area contributed by atoms with E-state index in [4.69, 9.17) is 0 Å². The van der Waals surface area contributed by atoms with Crippen LogP contribution in [0.2, 0.25) is 0 Å². The van der Waals surface area contributed by atoms with E-state index in [1.807, 2.05) is 0 Å². The number of carbonyl (C=O) groups excluding carboxylic acids is 4. The van der Waals surface area contributed by atoms with Crippen LogP contribution in [0.4, 0.5) is 0 Å². The molecule has 2 heterocycles. The molecule has 0 spiro atoms. The predicted octanol–water partition coefficient (Wildman–Crippen LogP) is 1.90. The summed E-state index contributed by atoms with van der Waals surface area (Å²) in [6, 6.07) is 9.72. The second-order valence-corrected chi connectivity index (χ2v) is 5.29. The van der Waals surface area contributed by atoms with Gasteiger partial charge in [-0.15, -0.1) is 0 Å². The van der Waals surface area contributed by atoms with Crippen molar-refractivity contribution in [2.45, 2.75) is 6.42 Å². The summed E-state index contributed by atoms with van der Waals surface area (Å²) in [5, 5.41) is 0. The van der Waals surface area contributed by atoms with Gasteiger partial charge in [-0.3, -0.25) is 0 Å². The minimum absolute atomic E-state index is 0.239. The average Bonchev–Trinajstić information content (AvgIpc) is 2.96. The van der Waals surface area contributed by atoms with Gasteiger partial charge in [0.05, 0.1) is 22.3 Å². The molecule has 0 aliphatic carbocycles. The van der Waals surface area contributed by atoms with E-state index in [-0.39, 0.29) is 22.3 Å². The first-order valence-electron chi connectivity index (χ1n) is 6.82. The molecule has 2 aromatic carbocycles. The largest absolute Gasteiger partial charge is 0.386 e. The van der Waals surface area contributed by atoms with Gasteiger partial charge < -0.3 is 9.47 Å². The highest BCUT2D eigenvalue weighted by atomic mass is 16.6. The first-order valence-corrected chi connectivity index (χ1v) is 6.82. The maximum Gasteiger partial charge on any atom is 0.346 e. The molecule has 0 bridgehead atoms. The van der Waals surface area contributed by atoms with Crippen LogP contribution in [0.25, 0.3) is 0 Å². The van der Waals surface area contributed by atoms with E-state index < -0.39 is 23.9 Å². The van der Waals surface area contributed by atoms with Crippen LogP contribution in [0.1, 0.15) is 52.6 Å². The molecule has 4 rings (SSSR count). The fourth-order valence-electron chi connectivity index (χ4n) is 2.72. The van der Waals surface area contributed by atoms with Crippen molar-refractivity contribution in [3.05, 3.63) is 69.8 Å². The van der Waals surface area contributed by atoms with Gasteiger partial charge in [-0.05, 0) is 41.8 Å². The third kappa shape index (κ3) is 2.03. The fraction of sp³-hybridized carbons (Fsp3) is 0.0588. The number of fused-ring (bicyclic) bond motifs is 2. The maximum atomic E-state index is 11.6. The van der Waals surface area contributed by atoms with Crippen LogP contribution in [0.15, 0.2) is 36.4 Å². The van der Waals surface area contributed by atoms with Crippen LogP contribution in [0.3, 0.4) is 0 Å². The van der Waals surface area contributed by atoms with Crippen molar-refractivity contribution < 1.29 is 28.7 Å². The Morgan fingerprint density at radius 3 is 1.39 bits per heavy atom. The van der Waals surface area contributed by atoms with Gasteiger partial charge in [0.1, 0.15) is 0 Å². The topological polar surface area (TPSA) is 86.7 Å². The van der Waals surface area contributed by atoms with Crippen molar-refractivity contribution in [3.63, 3.8) is 0 Å². The van der Waals surface area contributed by atoms with Crippen molar-refractivity contribution in [1.82, 2.24) is 0 Å². The SMILES string of the molecule is O=C1OC(=O)c2cc(Cc3ccc4c(c3)C(=O)OC4=O)ccc21.